The van der Waals surface area contributed by atoms with Crippen LogP contribution in [0.4, 0.5) is 4.39 Å². The Bertz CT molecular complexity index is 1300. The highest BCUT2D eigenvalue weighted by atomic mass is 19.1. The second-order valence-electron chi connectivity index (χ2n) is 7.86. The molecule has 4 rings (SSSR count). The SMILES string of the molecule is COC(=O)c1ccc(C2C(=C(O)c3ccc(C)c(F)c3)C(=O)C(=O)N2Cc2ccncc2)cc1. The Kier molecular flexibility index (Phi) is 6.23. The van der Waals surface area contributed by atoms with Crippen LogP contribution < -0.4 is 0 Å². The fourth-order valence-corrected chi connectivity index (χ4v) is 3.89. The van der Waals surface area contributed by atoms with Gasteiger partial charge in [-0.25, -0.2) is 9.18 Å². The Balaban J connectivity index is 1.86. The summed E-state index contributed by atoms with van der Waals surface area (Å²) in [4.78, 5) is 43.3. The van der Waals surface area contributed by atoms with E-state index in [4.69, 9.17) is 4.74 Å². The molecule has 1 amide bonds. The van der Waals surface area contributed by atoms with Gasteiger partial charge in [-0.1, -0.05) is 24.3 Å². The third kappa shape index (κ3) is 4.17. The van der Waals surface area contributed by atoms with Crippen LogP contribution in [0.3, 0.4) is 0 Å². The first-order valence-electron chi connectivity index (χ1n) is 10.4. The van der Waals surface area contributed by atoms with Crippen LogP contribution in [0.25, 0.3) is 5.76 Å². The number of rotatable bonds is 5. The molecule has 0 spiro atoms. The van der Waals surface area contributed by atoms with Crippen LogP contribution in [0, 0.1) is 12.7 Å². The Morgan fingerprint density at radius 1 is 1.06 bits per heavy atom. The van der Waals surface area contributed by atoms with Gasteiger partial charge >= 0.3 is 5.97 Å². The minimum atomic E-state index is -0.954. The van der Waals surface area contributed by atoms with Gasteiger partial charge in [-0.3, -0.25) is 14.6 Å². The van der Waals surface area contributed by atoms with Crippen molar-refractivity contribution in [3.05, 3.63) is 106 Å². The van der Waals surface area contributed by atoms with Crippen LogP contribution in [-0.2, 0) is 20.9 Å². The Morgan fingerprint density at radius 3 is 2.32 bits per heavy atom. The van der Waals surface area contributed by atoms with E-state index in [0.717, 1.165) is 11.6 Å². The second-order valence-corrected chi connectivity index (χ2v) is 7.86. The highest BCUT2D eigenvalue weighted by molar-refractivity contribution is 6.46. The van der Waals surface area contributed by atoms with Gasteiger partial charge in [0.25, 0.3) is 11.7 Å². The van der Waals surface area contributed by atoms with Crippen molar-refractivity contribution in [3.63, 3.8) is 0 Å². The average Bonchev–Trinajstić information content (AvgIpc) is 3.10. The number of esters is 1. The summed E-state index contributed by atoms with van der Waals surface area (Å²) in [6.45, 7) is 1.66. The van der Waals surface area contributed by atoms with Gasteiger partial charge in [0.2, 0.25) is 0 Å². The number of amides is 1. The molecule has 1 unspecified atom stereocenters. The van der Waals surface area contributed by atoms with Crippen LogP contribution in [-0.4, -0.2) is 39.8 Å². The molecular weight excluding hydrogens is 439 g/mol. The Labute approximate surface area is 195 Å². The average molecular weight is 460 g/mol. The van der Waals surface area contributed by atoms with Gasteiger partial charge in [0.05, 0.1) is 24.3 Å². The zero-order valence-corrected chi connectivity index (χ0v) is 18.5. The number of carbonyl (C=O) groups is 3. The van der Waals surface area contributed by atoms with E-state index in [9.17, 15) is 23.9 Å². The lowest BCUT2D eigenvalue weighted by molar-refractivity contribution is -0.140. The van der Waals surface area contributed by atoms with E-state index in [1.807, 2.05) is 0 Å². The quantitative estimate of drug-likeness (QED) is 0.268. The summed E-state index contributed by atoms with van der Waals surface area (Å²) in [5, 5.41) is 11.0. The summed E-state index contributed by atoms with van der Waals surface area (Å²) in [5.74, 6) is -3.24. The summed E-state index contributed by atoms with van der Waals surface area (Å²) in [6.07, 6.45) is 3.14. The van der Waals surface area contributed by atoms with Gasteiger partial charge in [-0.2, -0.15) is 0 Å². The third-order valence-corrected chi connectivity index (χ3v) is 5.74. The number of ketones is 1. The predicted octanol–water partition coefficient (Wildman–Crippen LogP) is 3.94. The number of pyridine rings is 1. The third-order valence-electron chi connectivity index (χ3n) is 5.74. The molecule has 0 radical (unpaired) electrons. The van der Waals surface area contributed by atoms with Crippen molar-refractivity contribution in [3.8, 4) is 0 Å². The molecule has 0 saturated carbocycles. The minimum absolute atomic E-state index is 0.0789. The molecule has 1 atom stereocenters. The molecule has 1 fully saturated rings. The molecule has 34 heavy (non-hydrogen) atoms. The van der Waals surface area contributed by atoms with E-state index in [1.165, 1.54) is 36.3 Å². The fraction of sp³-hybridized carbons (Fsp3) is 0.154. The standard InChI is InChI=1S/C26H21FN2O5/c1-15-3-4-19(13-20(15)27)23(30)21-22(17-5-7-18(8-6-17)26(33)34-2)29(25(32)24(21)31)14-16-9-11-28-12-10-16/h3-13,22,30H,14H2,1-2H3. The summed E-state index contributed by atoms with van der Waals surface area (Å²) < 4.78 is 18.9. The first-order valence-corrected chi connectivity index (χ1v) is 10.4. The monoisotopic (exact) mass is 460 g/mol. The topological polar surface area (TPSA) is 96.8 Å². The molecule has 2 heterocycles. The minimum Gasteiger partial charge on any atom is -0.507 e. The summed E-state index contributed by atoms with van der Waals surface area (Å²) in [5.41, 5.74) is 1.82. The molecule has 0 aliphatic carbocycles. The summed E-state index contributed by atoms with van der Waals surface area (Å²) in [6, 6.07) is 12.8. The number of hydrogen-bond acceptors (Lipinski definition) is 6. The Hall–Kier alpha value is -4.33. The van der Waals surface area contributed by atoms with E-state index in [1.54, 1.807) is 43.6 Å². The number of aryl methyl sites for hydroxylation is 1. The molecule has 1 N–H and O–H groups in total. The Morgan fingerprint density at radius 2 is 1.71 bits per heavy atom. The molecule has 2 aromatic carbocycles. The van der Waals surface area contributed by atoms with Gasteiger partial charge in [-0.15, -0.1) is 0 Å². The predicted molar refractivity (Wildman–Crippen MR) is 121 cm³/mol. The van der Waals surface area contributed by atoms with Gasteiger partial charge in [0.15, 0.2) is 0 Å². The van der Waals surface area contributed by atoms with Crippen molar-refractivity contribution >= 4 is 23.4 Å². The van der Waals surface area contributed by atoms with E-state index >= 15 is 0 Å². The first kappa shape index (κ1) is 22.8. The number of carbonyl (C=O) groups excluding carboxylic acids is 3. The van der Waals surface area contributed by atoms with Crippen LogP contribution in [0.5, 0.6) is 0 Å². The highest BCUT2D eigenvalue weighted by Crippen LogP contribution is 2.40. The maximum absolute atomic E-state index is 14.2. The van der Waals surface area contributed by atoms with E-state index in [0.29, 0.717) is 11.1 Å². The van der Waals surface area contributed by atoms with Crippen molar-refractivity contribution < 1.29 is 28.6 Å². The molecule has 1 saturated heterocycles. The van der Waals surface area contributed by atoms with Crippen LogP contribution in [0.1, 0.15) is 38.7 Å². The number of benzene rings is 2. The van der Waals surface area contributed by atoms with Crippen LogP contribution in [0.15, 0.2) is 72.6 Å². The van der Waals surface area contributed by atoms with Gasteiger partial charge in [0.1, 0.15) is 11.6 Å². The molecule has 1 aliphatic heterocycles. The maximum Gasteiger partial charge on any atom is 0.337 e. The van der Waals surface area contributed by atoms with Gasteiger partial charge in [-0.05, 0) is 53.9 Å². The molecule has 1 aliphatic rings. The molecule has 172 valence electrons. The lowest BCUT2D eigenvalue weighted by Gasteiger charge is -2.25. The summed E-state index contributed by atoms with van der Waals surface area (Å²) >= 11 is 0. The van der Waals surface area contributed by atoms with E-state index < -0.39 is 35.3 Å². The summed E-state index contributed by atoms with van der Waals surface area (Å²) in [7, 11) is 1.26. The molecule has 7 nitrogen and oxygen atoms in total. The number of Topliss-reactive ketones (excluding diaryl/α,β-unsaturated/α-hetero) is 1. The first-order chi connectivity index (χ1) is 16.3. The lowest BCUT2D eigenvalue weighted by atomic mass is 9.94. The van der Waals surface area contributed by atoms with Crippen molar-refractivity contribution in [2.45, 2.75) is 19.5 Å². The van der Waals surface area contributed by atoms with E-state index in [2.05, 4.69) is 4.98 Å². The fourth-order valence-electron chi connectivity index (χ4n) is 3.89. The normalized spacial score (nSPS) is 17.1. The number of halogens is 1. The van der Waals surface area contributed by atoms with Crippen molar-refractivity contribution in [2.75, 3.05) is 7.11 Å². The molecular formula is C26H21FN2O5. The number of aromatic nitrogens is 1. The molecule has 1 aromatic heterocycles. The van der Waals surface area contributed by atoms with Crippen molar-refractivity contribution in [2.24, 2.45) is 0 Å². The number of nitrogens with zero attached hydrogens (tertiary/aromatic N) is 2. The largest absolute Gasteiger partial charge is 0.507 e. The zero-order valence-electron chi connectivity index (χ0n) is 18.5. The molecule has 0 bridgehead atoms. The van der Waals surface area contributed by atoms with Crippen LogP contribution in [0.2, 0.25) is 0 Å². The highest BCUT2D eigenvalue weighted by Gasteiger charge is 2.46. The number of aliphatic hydroxyl groups is 1. The zero-order chi connectivity index (χ0) is 24.4. The smallest absolute Gasteiger partial charge is 0.337 e. The number of methoxy groups -OCH3 is 1. The van der Waals surface area contributed by atoms with E-state index in [-0.39, 0.29) is 23.2 Å². The second kappa shape index (κ2) is 9.27. The maximum atomic E-state index is 14.2. The lowest BCUT2D eigenvalue weighted by Crippen LogP contribution is -2.29. The number of ether oxygens (including phenoxy) is 1. The molecule has 8 heteroatoms. The van der Waals surface area contributed by atoms with Gasteiger partial charge in [0, 0.05) is 24.5 Å². The molecule has 3 aromatic rings. The number of aliphatic hydroxyl groups excluding tert-OH is 1. The number of hydrogen-bond donors (Lipinski definition) is 1. The van der Waals surface area contributed by atoms with Crippen molar-refractivity contribution in [1.82, 2.24) is 9.88 Å². The number of likely N-dealkylation sites (tertiary alicyclic amines) is 1. The van der Waals surface area contributed by atoms with Gasteiger partial charge < -0.3 is 14.7 Å². The van der Waals surface area contributed by atoms with Crippen LogP contribution >= 0.6 is 0 Å². The van der Waals surface area contributed by atoms with Crippen molar-refractivity contribution in [1.29, 1.82) is 0 Å².